The first-order valence-corrected chi connectivity index (χ1v) is 11.0. The van der Waals surface area contributed by atoms with Crippen LogP contribution in [0, 0.1) is 0 Å². The van der Waals surface area contributed by atoms with Gasteiger partial charge in [-0.05, 0) is 61.0 Å². The standard InChI is InChI=1S/C23H24N2O4S/c1-3-29-21-15-9-18(10-16-21)17-25(2)23(26)19-11-13-20(14-12-19)24-30(27,28)22-7-5-4-6-8-22/h4-16,24H,3,17H2,1-2H3. The lowest BCUT2D eigenvalue weighted by atomic mass is 10.1. The van der Waals surface area contributed by atoms with Crippen molar-refractivity contribution in [1.82, 2.24) is 4.90 Å². The van der Waals surface area contributed by atoms with E-state index in [0.717, 1.165) is 11.3 Å². The number of nitrogens with one attached hydrogen (secondary N) is 1. The molecule has 0 spiro atoms. The number of benzene rings is 3. The van der Waals surface area contributed by atoms with Gasteiger partial charge in [0.15, 0.2) is 0 Å². The molecule has 1 N–H and O–H groups in total. The van der Waals surface area contributed by atoms with Crippen molar-refractivity contribution in [2.24, 2.45) is 0 Å². The van der Waals surface area contributed by atoms with E-state index < -0.39 is 10.0 Å². The summed E-state index contributed by atoms with van der Waals surface area (Å²) >= 11 is 0. The van der Waals surface area contributed by atoms with Gasteiger partial charge in [0.1, 0.15) is 5.75 Å². The highest BCUT2D eigenvalue weighted by Crippen LogP contribution is 2.18. The zero-order valence-corrected chi connectivity index (χ0v) is 17.7. The van der Waals surface area contributed by atoms with Gasteiger partial charge in [0, 0.05) is 24.8 Å². The molecule has 0 heterocycles. The highest BCUT2D eigenvalue weighted by atomic mass is 32.2. The second-order valence-electron chi connectivity index (χ2n) is 6.73. The monoisotopic (exact) mass is 424 g/mol. The molecule has 3 aromatic carbocycles. The van der Waals surface area contributed by atoms with E-state index in [1.165, 1.54) is 12.1 Å². The van der Waals surface area contributed by atoms with E-state index in [-0.39, 0.29) is 10.8 Å². The molecule has 0 aliphatic carbocycles. The molecule has 3 rings (SSSR count). The molecule has 1 amide bonds. The maximum Gasteiger partial charge on any atom is 0.261 e. The zero-order chi connectivity index (χ0) is 21.6. The maximum absolute atomic E-state index is 12.7. The third-order valence-electron chi connectivity index (χ3n) is 4.44. The van der Waals surface area contributed by atoms with Crippen LogP contribution in [-0.4, -0.2) is 32.9 Å². The van der Waals surface area contributed by atoms with Crippen LogP contribution in [0.25, 0.3) is 0 Å². The first-order valence-electron chi connectivity index (χ1n) is 9.54. The van der Waals surface area contributed by atoms with Crippen molar-refractivity contribution < 1.29 is 17.9 Å². The average molecular weight is 425 g/mol. The summed E-state index contributed by atoms with van der Waals surface area (Å²) in [5.41, 5.74) is 1.86. The number of sulfonamides is 1. The Balaban J connectivity index is 1.64. The molecule has 7 heteroatoms. The second kappa shape index (κ2) is 9.45. The van der Waals surface area contributed by atoms with Crippen LogP contribution in [0.1, 0.15) is 22.8 Å². The van der Waals surface area contributed by atoms with Crippen LogP contribution < -0.4 is 9.46 Å². The minimum absolute atomic E-state index is 0.152. The van der Waals surface area contributed by atoms with Crippen molar-refractivity contribution in [1.29, 1.82) is 0 Å². The molecule has 6 nitrogen and oxygen atoms in total. The number of nitrogens with zero attached hydrogens (tertiary/aromatic N) is 1. The quantitative estimate of drug-likeness (QED) is 0.589. The molecule has 0 aliphatic heterocycles. The SMILES string of the molecule is CCOc1ccc(CN(C)C(=O)c2ccc(NS(=O)(=O)c3ccccc3)cc2)cc1. The summed E-state index contributed by atoms with van der Waals surface area (Å²) in [7, 11) is -1.94. The summed E-state index contributed by atoms with van der Waals surface area (Å²) in [5.74, 6) is 0.644. The number of hydrogen-bond donors (Lipinski definition) is 1. The van der Waals surface area contributed by atoms with Gasteiger partial charge in [-0.2, -0.15) is 0 Å². The molecule has 0 bridgehead atoms. The summed E-state index contributed by atoms with van der Waals surface area (Å²) in [6, 6.07) is 22.1. The van der Waals surface area contributed by atoms with E-state index in [9.17, 15) is 13.2 Å². The minimum Gasteiger partial charge on any atom is -0.494 e. The van der Waals surface area contributed by atoms with Gasteiger partial charge in [-0.25, -0.2) is 8.42 Å². The molecule has 0 radical (unpaired) electrons. The van der Waals surface area contributed by atoms with Crippen molar-refractivity contribution >= 4 is 21.6 Å². The number of amides is 1. The summed E-state index contributed by atoms with van der Waals surface area (Å²) < 4.78 is 32.8. The number of carbonyl (C=O) groups is 1. The third kappa shape index (κ3) is 5.39. The van der Waals surface area contributed by atoms with Crippen LogP contribution in [0.5, 0.6) is 5.75 Å². The molecule has 0 saturated carbocycles. The molecule has 0 fully saturated rings. The lowest BCUT2D eigenvalue weighted by Crippen LogP contribution is -2.26. The molecule has 0 unspecified atom stereocenters. The third-order valence-corrected chi connectivity index (χ3v) is 5.84. The van der Waals surface area contributed by atoms with Crippen LogP contribution >= 0.6 is 0 Å². The van der Waals surface area contributed by atoms with Gasteiger partial charge in [0.05, 0.1) is 11.5 Å². The van der Waals surface area contributed by atoms with Crippen molar-refractivity contribution in [2.45, 2.75) is 18.4 Å². The number of rotatable bonds is 8. The highest BCUT2D eigenvalue weighted by molar-refractivity contribution is 7.92. The normalized spacial score (nSPS) is 11.0. The van der Waals surface area contributed by atoms with Crippen LogP contribution in [0.4, 0.5) is 5.69 Å². The van der Waals surface area contributed by atoms with Crippen LogP contribution in [0.3, 0.4) is 0 Å². The van der Waals surface area contributed by atoms with E-state index in [1.807, 2.05) is 31.2 Å². The highest BCUT2D eigenvalue weighted by Gasteiger charge is 2.15. The van der Waals surface area contributed by atoms with Gasteiger partial charge in [-0.3, -0.25) is 9.52 Å². The van der Waals surface area contributed by atoms with E-state index in [1.54, 1.807) is 54.4 Å². The van der Waals surface area contributed by atoms with Crippen molar-refractivity contribution in [3.63, 3.8) is 0 Å². The Morgan fingerprint density at radius 1 is 0.933 bits per heavy atom. The molecule has 0 aromatic heterocycles. The number of hydrogen-bond acceptors (Lipinski definition) is 4. The summed E-state index contributed by atoms with van der Waals surface area (Å²) in [5, 5.41) is 0. The van der Waals surface area contributed by atoms with Crippen LogP contribution in [-0.2, 0) is 16.6 Å². The van der Waals surface area contributed by atoms with E-state index >= 15 is 0 Å². The summed E-state index contributed by atoms with van der Waals surface area (Å²) in [4.78, 5) is 14.5. The topological polar surface area (TPSA) is 75.7 Å². The molecule has 156 valence electrons. The molecule has 30 heavy (non-hydrogen) atoms. The Kier molecular flexibility index (Phi) is 6.74. The summed E-state index contributed by atoms with van der Waals surface area (Å²) in [6.45, 7) is 2.99. The van der Waals surface area contributed by atoms with Gasteiger partial charge >= 0.3 is 0 Å². The van der Waals surface area contributed by atoms with Gasteiger partial charge < -0.3 is 9.64 Å². The predicted molar refractivity (Wildman–Crippen MR) is 117 cm³/mol. The molecule has 0 aliphatic rings. The first kappa shape index (κ1) is 21.4. The van der Waals surface area contributed by atoms with E-state index in [2.05, 4.69) is 4.72 Å². The molecular formula is C23H24N2O4S. The van der Waals surface area contributed by atoms with Crippen molar-refractivity contribution in [3.8, 4) is 5.75 Å². The fourth-order valence-corrected chi connectivity index (χ4v) is 4.00. The molecular weight excluding hydrogens is 400 g/mol. The smallest absolute Gasteiger partial charge is 0.261 e. The molecule has 0 atom stereocenters. The van der Waals surface area contributed by atoms with E-state index in [4.69, 9.17) is 4.74 Å². The van der Waals surface area contributed by atoms with Gasteiger partial charge in [0.25, 0.3) is 15.9 Å². The van der Waals surface area contributed by atoms with Crippen molar-refractivity contribution in [3.05, 3.63) is 90.0 Å². The van der Waals surface area contributed by atoms with Crippen molar-refractivity contribution in [2.75, 3.05) is 18.4 Å². The Morgan fingerprint density at radius 3 is 2.17 bits per heavy atom. The molecule has 0 saturated heterocycles. The van der Waals surface area contributed by atoms with Gasteiger partial charge in [-0.1, -0.05) is 30.3 Å². The maximum atomic E-state index is 12.7. The Bertz CT molecular complexity index is 1080. The summed E-state index contributed by atoms with van der Waals surface area (Å²) in [6.07, 6.45) is 0. The zero-order valence-electron chi connectivity index (χ0n) is 16.9. The predicted octanol–water partition coefficient (Wildman–Crippen LogP) is 4.16. The fraction of sp³-hybridized carbons (Fsp3) is 0.174. The van der Waals surface area contributed by atoms with Gasteiger partial charge in [-0.15, -0.1) is 0 Å². The van der Waals surface area contributed by atoms with Gasteiger partial charge in [0.2, 0.25) is 0 Å². The van der Waals surface area contributed by atoms with Crippen LogP contribution in [0.2, 0.25) is 0 Å². The number of carbonyl (C=O) groups excluding carboxylic acids is 1. The van der Waals surface area contributed by atoms with E-state index in [0.29, 0.717) is 24.4 Å². The Hall–Kier alpha value is -3.32. The largest absolute Gasteiger partial charge is 0.494 e. The number of ether oxygens (including phenoxy) is 1. The average Bonchev–Trinajstić information content (AvgIpc) is 2.76. The Morgan fingerprint density at radius 2 is 1.57 bits per heavy atom. The lowest BCUT2D eigenvalue weighted by molar-refractivity contribution is 0.0785. The molecule has 3 aromatic rings. The first-order chi connectivity index (χ1) is 14.4. The minimum atomic E-state index is -3.67. The lowest BCUT2D eigenvalue weighted by Gasteiger charge is -2.18. The van der Waals surface area contributed by atoms with Crippen LogP contribution in [0.15, 0.2) is 83.8 Å². The Labute approximate surface area is 177 Å². The number of anilines is 1. The fourth-order valence-electron chi connectivity index (χ4n) is 2.92. The second-order valence-corrected chi connectivity index (χ2v) is 8.42.